The SMILES string of the molecule is COC(=O)[C@H]1CC[C@H](Oc2ncc(NC(=O)c3nnc(Nc4ccc(F)c(F)c4)o3)cc2F)CC1. The first kappa shape index (κ1) is 24.0. The van der Waals surface area contributed by atoms with Gasteiger partial charge in [-0.1, -0.05) is 5.10 Å². The number of rotatable bonds is 7. The van der Waals surface area contributed by atoms with Gasteiger partial charge in [-0.05, 0) is 37.8 Å². The smallest absolute Gasteiger partial charge is 0.320 e. The summed E-state index contributed by atoms with van der Waals surface area (Å²) in [6.45, 7) is 0. The van der Waals surface area contributed by atoms with E-state index in [1.54, 1.807) is 0 Å². The molecule has 13 heteroatoms. The lowest BCUT2D eigenvalue weighted by Gasteiger charge is -2.27. The first-order valence-corrected chi connectivity index (χ1v) is 10.6. The highest BCUT2D eigenvalue weighted by Gasteiger charge is 2.28. The molecule has 0 unspecified atom stereocenters. The number of ether oxygens (including phenoxy) is 2. The average molecular weight is 491 g/mol. The Balaban J connectivity index is 1.33. The molecule has 0 saturated heterocycles. The number of methoxy groups -OCH3 is 1. The Bertz CT molecular complexity index is 1230. The second-order valence-electron chi connectivity index (χ2n) is 7.75. The van der Waals surface area contributed by atoms with E-state index in [1.165, 1.54) is 19.4 Å². The topological polar surface area (TPSA) is 128 Å². The van der Waals surface area contributed by atoms with E-state index < -0.39 is 29.2 Å². The summed E-state index contributed by atoms with van der Waals surface area (Å²) < 4.78 is 56.3. The predicted molar refractivity (Wildman–Crippen MR) is 114 cm³/mol. The van der Waals surface area contributed by atoms with Gasteiger partial charge < -0.3 is 24.5 Å². The summed E-state index contributed by atoms with van der Waals surface area (Å²) in [6, 6.07) is 3.81. The second-order valence-corrected chi connectivity index (χ2v) is 7.75. The molecule has 1 saturated carbocycles. The highest BCUT2D eigenvalue weighted by atomic mass is 19.2. The van der Waals surface area contributed by atoms with Gasteiger partial charge in [0.1, 0.15) is 6.10 Å². The van der Waals surface area contributed by atoms with Gasteiger partial charge in [0.25, 0.3) is 5.88 Å². The first-order chi connectivity index (χ1) is 16.8. The minimum Gasteiger partial charge on any atom is -0.472 e. The minimum atomic E-state index is -1.08. The van der Waals surface area contributed by atoms with Crippen LogP contribution in [0.15, 0.2) is 34.9 Å². The number of carbonyl (C=O) groups is 2. The molecule has 2 N–H and O–H groups in total. The monoisotopic (exact) mass is 491 g/mol. The number of benzene rings is 1. The number of amides is 1. The minimum absolute atomic E-state index is 0.0163. The number of hydrogen-bond donors (Lipinski definition) is 2. The van der Waals surface area contributed by atoms with E-state index in [0.717, 1.165) is 18.2 Å². The van der Waals surface area contributed by atoms with E-state index in [-0.39, 0.29) is 41.3 Å². The quantitative estimate of drug-likeness (QED) is 0.472. The maximum Gasteiger partial charge on any atom is 0.320 e. The number of nitrogens with one attached hydrogen (secondary N) is 2. The molecule has 2 aromatic heterocycles. The van der Waals surface area contributed by atoms with Crippen molar-refractivity contribution in [1.82, 2.24) is 15.2 Å². The van der Waals surface area contributed by atoms with Gasteiger partial charge in [0, 0.05) is 17.8 Å². The van der Waals surface area contributed by atoms with Crippen LogP contribution in [-0.2, 0) is 9.53 Å². The molecule has 3 aromatic rings. The molecule has 1 amide bonds. The molecular weight excluding hydrogens is 471 g/mol. The molecule has 0 aliphatic heterocycles. The lowest BCUT2D eigenvalue weighted by Crippen LogP contribution is -2.29. The van der Waals surface area contributed by atoms with Crippen LogP contribution in [0.2, 0.25) is 0 Å². The standard InChI is InChI=1S/C22H20F3N5O5/c1-33-21(32)11-2-5-14(6-3-11)34-19-17(25)9-13(10-26-19)27-18(31)20-29-30-22(35-20)28-12-4-7-15(23)16(24)8-12/h4,7-11,14H,2-3,5-6H2,1H3,(H,27,31)(H,28,30)/t11-,14-. The van der Waals surface area contributed by atoms with Gasteiger partial charge in [-0.25, -0.2) is 18.2 Å². The van der Waals surface area contributed by atoms with Crippen molar-refractivity contribution in [3.63, 3.8) is 0 Å². The van der Waals surface area contributed by atoms with Crippen LogP contribution in [0.4, 0.5) is 30.6 Å². The molecule has 1 aliphatic carbocycles. The van der Waals surface area contributed by atoms with E-state index in [0.29, 0.717) is 25.7 Å². The number of esters is 1. The van der Waals surface area contributed by atoms with Crippen LogP contribution in [0.3, 0.4) is 0 Å². The molecular formula is C22H20F3N5O5. The Morgan fingerprint density at radius 3 is 2.43 bits per heavy atom. The number of halogens is 3. The van der Waals surface area contributed by atoms with Gasteiger partial charge >= 0.3 is 23.8 Å². The van der Waals surface area contributed by atoms with E-state index in [4.69, 9.17) is 13.9 Å². The van der Waals surface area contributed by atoms with Crippen molar-refractivity contribution < 1.29 is 36.7 Å². The normalized spacial score (nSPS) is 17.5. The van der Waals surface area contributed by atoms with E-state index in [9.17, 15) is 22.8 Å². The molecule has 4 rings (SSSR count). The van der Waals surface area contributed by atoms with Gasteiger partial charge in [-0.15, -0.1) is 5.10 Å². The zero-order valence-electron chi connectivity index (χ0n) is 18.4. The maximum atomic E-state index is 14.5. The summed E-state index contributed by atoms with van der Waals surface area (Å²) in [5, 5.41) is 12.1. The van der Waals surface area contributed by atoms with Crippen molar-refractivity contribution in [3.8, 4) is 5.88 Å². The van der Waals surface area contributed by atoms with Crippen molar-refractivity contribution in [1.29, 1.82) is 0 Å². The second kappa shape index (κ2) is 10.4. The third-order valence-electron chi connectivity index (χ3n) is 5.34. The fraction of sp³-hybridized carbons (Fsp3) is 0.318. The number of aromatic nitrogens is 3. The van der Waals surface area contributed by atoms with Crippen LogP contribution in [0.5, 0.6) is 5.88 Å². The molecule has 1 fully saturated rings. The predicted octanol–water partition coefficient (Wildman–Crippen LogP) is 3.99. The van der Waals surface area contributed by atoms with Gasteiger partial charge in [-0.3, -0.25) is 9.59 Å². The Morgan fingerprint density at radius 1 is 1.00 bits per heavy atom. The van der Waals surface area contributed by atoms with Crippen molar-refractivity contribution in [2.75, 3.05) is 17.7 Å². The fourth-order valence-corrected chi connectivity index (χ4v) is 3.57. The zero-order chi connectivity index (χ0) is 24.9. The lowest BCUT2D eigenvalue weighted by atomic mass is 9.87. The van der Waals surface area contributed by atoms with Crippen molar-refractivity contribution in [3.05, 3.63) is 53.8 Å². The van der Waals surface area contributed by atoms with Crippen molar-refractivity contribution in [2.45, 2.75) is 31.8 Å². The third-order valence-corrected chi connectivity index (χ3v) is 5.34. The highest BCUT2D eigenvalue weighted by molar-refractivity contribution is 6.00. The fourth-order valence-electron chi connectivity index (χ4n) is 3.57. The summed E-state index contributed by atoms with van der Waals surface area (Å²) in [6.07, 6.45) is 3.16. The van der Waals surface area contributed by atoms with Crippen LogP contribution in [0.25, 0.3) is 0 Å². The van der Waals surface area contributed by atoms with Crippen molar-refractivity contribution in [2.24, 2.45) is 5.92 Å². The van der Waals surface area contributed by atoms with Gasteiger partial charge in [0.15, 0.2) is 17.5 Å². The van der Waals surface area contributed by atoms with Gasteiger partial charge in [0.05, 0.1) is 24.9 Å². The molecule has 0 spiro atoms. The first-order valence-electron chi connectivity index (χ1n) is 10.6. The van der Waals surface area contributed by atoms with Crippen LogP contribution in [0.1, 0.15) is 36.4 Å². The molecule has 0 radical (unpaired) electrons. The number of hydrogen-bond acceptors (Lipinski definition) is 9. The summed E-state index contributed by atoms with van der Waals surface area (Å²) in [7, 11) is 1.34. The Hall–Kier alpha value is -4.16. The maximum absolute atomic E-state index is 14.5. The number of carbonyl (C=O) groups excluding carboxylic acids is 2. The highest BCUT2D eigenvalue weighted by Crippen LogP contribution is 2.29. The summed E-state index contributed by atoms with van der Waals surface area (Å²) in [4.78, 5) is 27.9. The number of nitrogens with zero attached hydrogens (tertiary/aromatic N) is 3. The van der Waals surface area contributed by atoms with Gasteiger partial charge in [-0.2, -0.15) is 0 Å². The van der Waals surface area contributed by atoms with Gasteiger partial charge in [0.2, 0.25) is 0 Å². The Kier molecular flexibility index (Phi) is 7.13. The number of anilines is 3. The molecule has 184 valence electrons. The van der Waals surface area contributed by atoms with Crippen molar-refractivity contribution >= 4 is 29.3 Å². The van der Waals surface area contributed by atoms with E-state index in [2.05, 4.69) is 25.8 Å². The molecule has 35 heavy (non-hydrogen) atoms. The Labute approximate surface area is 196 Å². The molecule has 1 aliphatic rings. The zero-order valence-corrected chi connectivity index (χ0v) is 18.4. The van der Waals surface area contributed by atoms with Crippen LogP contribution in [-0.4, -0.2) is 40.3 Å². The summed E-state index contributed by atoms with van der Waals surface area (Å²) >= 11 is 0. The number of pyridine rings is 1. The van der Waals surface area contributed by atoms with Crippen LogP contribution < -0.4 is 15.4 Å². The average Bonchev–Trinajstić information content (AvgIpc) is 3.32. The summed E-state index contributed by atoms with van der Waals surface area (Å²) in [5.74, 6) is -4.86. The third kappa shape index (κ3) is 5.86. The molecule has 0 atom stereocenters. The van der Waals surface area contributed by atoms with E-state index >= 15 is 0 Å². The molecule has 10 nitrogen and oxygen atoms in total. The van der Waals surface area contributed by atoms with Crippen LogP contribution in [0, 0.1) is 23.4 Å². The molecule has 1 aromatic carbocycles. The molecule has 0 bridgehead atoms. The lowest BCUT2D eigenvalue weighted by molar-refractivity contribution is -0.147. The molecule has 2 heterocycles. The largest absolute Gasteiger partial charge is 0.472 e. The summed E-state index contributed by atoms with van der Waals surface area (Å²) in [5.41, 5.74) is 0.141. The van der Waals surface area contributed by atoms with Crippen LogP contribution >= 0.6 is 0 Å². The van der Waals surface area contributed by atoms with E-state index in [1.807, 2.05) is 0 Å². The Morgan fingerprint density at radius 2 is 1.74 bits per heavy atom.